The molecule has 0 aromatic heterocycles. The van der Waals surface area contributed by atoms with Gasteiger partial charge in [-0.15, -0.1) is 0 Å². The van der Waals surface area contributed by atoms with Gasteiger partial charge in [0.25, 0.3) is 0 Å². The number of nitrogens with two attached hydrogens (primary N) is 1. The Morgan fingerprint density at radius 2 is 1.95 bits per heavy atom. The number of carbonyl (C=O) groups is 1. The average Bonchev–Trinajstić information content (AvgIpc) is 2.92. The topological polar surface area (TPSA) is 58.4 Å². The summed E-state index contributed by atoms with van der Waals surface area (Å²) in [5.41, 5.74) is 7.99. The molecule has 1 unspecified atom stereocenters. The van der Waals surface area contributed by atoms with E-state index in [9.17, 15) is 4.79 Å². The lowest BCUT2D eigenvalue weighted by molar-refractivity contribution is -0.122. The second kappa shape index (κ2) is 6.68. The second-order valence-corrected chi connectivity index (χ2v) is 5.23. The normalized spacial score (nSPS) is 17.4. The molecule has 2 rings (SSSR count). The fourth-order valence-electron chi connectivity index (χ4n) is 2.38. The van der Waals surface area contributed by atoms with Crippen molar-refractivity contribution in [3.63, 3.8) is 0 Å². The maximum absolute atomic E-state index is 11.9. The molecule has 1 amide bonds. The molecule has 1 atom stereocenters. The van der Waals surface area contributed by atoms with E-state index in [1.165, 1.54) is 18.4 Å². The van der Waals surface area contributed by atoms with Crippen LogP contribution in [0.4, 0.5) is 0 Å². The van der Waals surface area contributed by atoms with E-state index in [4.69, 9.17) is 5.73 Å². The third-order valence-corrected chi connectivity index (χ3v) is 3.64. The van der Waals surface area contributed by atoms with Gasteiger partial charge < -0.3 is 16.0 Å². The summed E-state index contributed by atoms with van der Waals surface area (Å²) < 4.78 is 0. The molecule has 3 N–H and O–H groups in total. The third-order valence-electron chi connectivity index (χ3n) is 3.64. The molecule has 0 aliphatic carbocycles. The Balaban J connectivity index is 1.77. The Morgan fingerprint density at radius 3 is 2.58 bits per heavy atom. The highest BCUT2D eigenvalue weighted by Crippen LogP contribution is 2.11. The highest BCUT2D eigenvalue weighted by Gasteiger charge is 2.16. The molecule has 1 fully saturated rings. The number of hydrogen-bond acceptors (Lipinski definition) is 3. The van der Waals surface area contributed by atoms with Gasteiger partial charge in [0.2, 0.25) is 5.91 Å². The van der Waals surface area contributed by atoms with Crippen LogP contribution in [-0.2, 0) is 4.79 Å². The summed E-state index contributed by atoms with van der Waals surface area (Å²) >= 11 is 0. The van der Waals surface area contributed by atoms with Gasteiger partial charge in [0, 0.05) is 13.1 Å². The second-order valence-electron chi connectivity index (χ2n) is 5.23. The Hall–Kier alpha value is -1.39. The number of nitrogens with one attached hydrogen (secondary N) is 1. The number of hydrogen-bond donors (Lipinski definition) is 2. The van der Waals surface area contributed by atoms with E-state index < -0.39 is 6.04 Å². The Labute approximate surface area is 115 Å². The van der Waals surface area contributed by atoms with E-state index in [0.29, 0.717) is 6.54 Å². The van der Waals surface area contributed by atoms with Crippen molar-refractivity contribution in [2.75, 3.05) is 26.2 Å². The lowest BCUT2D eigenvalue weighted by Crippen LogP contribution is -2.38. The predicted molar refractivity (Wildman–Crippen MR) is 76.8 cm³/mol. The van der Waals surface area contributed by atoms with Crippen molar-refractivity contribution >= 4 is 5.91 Å². The number of likely N-dealkylation sites (tertiary alicyclic amines) is 1. The zero-order chi connectivity index (χ0) is 13.7. The van der Waals surface area contributed by atoms with E-state index in [-0.39, 0.29) is 5.91 Å². The van der Waals surface area contributed by atoms with Crippen molar-refractivity contribution in [3.05, 3.63) is 35.4 Å². The monoisotopic (exact) mass is 261 g/mol. The molecule has 1 aliphatic rings. The lowest BCUT2D eigenvalue weighted by atomic mass is 10.1. The fourth-order valence-corrected chi connectivity index (χ4v) is 2.38. The van der Waals surface area contributed by atoms with Crippen LogP contribution >= 0.6 is 0 Å². The highest BCUT2D eigenvalue weighted by molar-refractivity contribution is 5.82. The van der Waals surface area contributed by atoms with Crippen LogP contribution in [0, 0.1) is 6.92 Å². The first-order valence-corrected chi connectivity index (χ1v) is 6.99. The molecule has 0 saturated carbocycles. The van der Waals surface area contributed by atoms with E-state index >= 15 is 0 Å². The number of aryl methyl sites for hydroxylation is 1. The molecule has 0 bridgehead atoms. The quantitative estimate of drug-likeness (QED) is 0.837. The van der Waals surface area contributed by atoms with Gasteiger partial charge >= 0.3 is 0 Å². The van der Waals surface area contributed by atoms with Gasteiger partial charge in [-0.3, -0.25) is 4.79 Å². The zero-order valence-corrected chi connectivity index (χ0v) is 11.6. The summed E-state index contributed by atoms with van der Waals surface area (Å²) in [5, 5.41) is 2.92. The van der Waals surface area contributed by atoms with Crippen LogP contribution < -0.4 is 11.1 Å². The number of nitrogens with zero attached hydrogens (tertiary/aromatic N) is 1. The highest BCUT2D eigenvalue weighted by atomic mass is 16.2. The summed E-state index contributed by atoms with van der Waals surface area (Å²) in [6, 6.07) is 7.22. The van der Waals surface area contributed by atoms with Crippen LogP contribution in [0.15, 0.2) is 24.3 Å². The first-order chi connectivity index (χ1) is 9.16. The van der Waals surface area contributed by atoms with Crippen molar-refractivity contribution in [3.8, 4) is 0 Å². The fraction of sp³-hybridized carbons (Fsp3) is 0.533. The van der Waals surface area contributed by atoms with Gasteiger partial charge in [0.15, 0.2) is 0 Å². The van der Waals surface area contributed by atoms with Gasteiger partial charge in [-0.2, -0.15) is 0 Å². The molecule has 0 radical (unpaired) electrons. The molecule has 1 saturated heterocycles. The molecule has 1 heterocycles. The van der Waals surface area contributed by atoms with Crippen LogP contribution in [0.2, 0.25) is 0 Å². The van der Waals surface area contributed by atoms with Crippen molar-refractivity contribution in [1.82, 2.24) is 10.2 Å². The number of benzene rings is 1. The van der Waals surface area contributed by atoms with E-state index in [1.54, 1.807) is 0 Å². The minimum atomic E-state index is -0.570. The van der Waals surface area contributed by atoms with Crippen molar-refractivity contribution in [2.24, 2.45) is 5.73 Å². The first kappa shape index (κ1) is 14.0. The molecule has 104 valence electrons. The minimum absolute atomic E-state index is 0.0944. The first-order valence-electron chi connectivity index (χ1n) is 6.99. The van der Waals surface area contributed by atoms with E-state index in [0.717, 1.165) is 25.2 Å². The van der Waals surface area contributed by atoms with Gasteiger partial charge in [-0.1, -0.05) is 29.8 Å². The summed E-state index contributed by atoms with van der Waals surface area (Å²) in [7, 11) is 0. The minimum Gasteiger partial charge on any atom is -0.353 e. The SMILES string of the molecule is Cc1ccc(C(N)C(=O)NCCN2CCCC2)cc1. The Bertz CT molecular complexity index is 410. The zero-order valence-electron chi connectivity index (χ0n) is 11.6. The van der Waals surface area contributed by atoms with E-state index in [1.807, 2.05) is 31.2 Å². The van der Waals surface area contributed by atoms with Gasteiger partial charge in [-0.05, 0) is 38.4 Å². The summed E-state index contributed by atoms with van der Waals surface area (Å²) in [6.07, 6.45) is 2.55. The standard InChI is InChI=1S/C15H23N3O/c1-12-4-6-13(7-5-12)14(16)15(19)17-8-11-18-9-2-3-10-18/h4-7,14H,2-3,8-11,16H2,1H3,(H,17,19). The Kier molecular flexibility index (Phi) is 4.93. The van der Waals surface area contributed by atoms with Crippen LogP contribution in [0.1, 0.15) is 30.0 Å². The smallest absolute Gasteiger partial charge is 0.241 e. The van der Waals surface area contributed by atoms with Gasteiger partial charge in [0.05, 0.1) is 0 Å². The molecular formula is C15H23N3O. The van der Waals surface area contributed by atoms with Crippen LogP contribution in [-0.4, -0.2) is 37.0 Å². The summed E-state index contributed by atoms with van der Waals surface area (Å²) in [6.45, 7) is 5.93. The number of amides is 1. The molecule has 4 nitrogen and oxygen atoms in total. The largest absolute Gasteiger partial charge is 0.353 e. The van der Waals surface area contributed by atoms with Gasteiger partial charge in [0.1, 0.15) is 6.04 Å². The maximum atomic E-state index is 11.9. The molecule has 19 heavy (non-hydrogen) atoms. The molecule has 0 spiro atoms. The van der Waals surface area contributed by atoms with Gasteiger partial charge in [-0.25, -0.2) is 0 Å². The third kappa shape index (κ3) is 4.04. The molecule has 1 aromatic carbocycles. The lowest BCUT2D eigenvalue weighted by Gasteiger charge is -2.17. The summed E-state index contributed by atoms with van der Waals surface area (Å²) in [4.78, 5) is 14.3. The number of rotatable bonds is 5. The predicted octanol–water partition coefficient (Wildman–Crippen LogP) is 1.21. The average molecular weight is 261 g/mol. The summed E-state index contributed by atoms with van der Waals surface area (Å²) in [5.74, 6) is -0.0944. The molecular weight excluding hydrogens is 238 g/mol. The molecule has 1 aromatic rings. The van der Waals surface area contributed by atoms with Crippen molar-refractivity contribution < 1.29 is 4.79 Å². The van der Waals surface area contributed by atoms with Crippen LogP contribution in [0.25, 0.3) is 0 Å². The van der Waals surface area contributed by atoms with Crippen molar-refractivity contribution in [2.45, 2.75) is 25.8 Å². The molecule has 1 aliphatic heterocycles. The maximum Gasteiger partial charge on any atom is 0.241 e. The van der Waals surface area contributed by atoms with Crippen LogP contribution in [0.3, 0.4) is 0 Å². The van der Waals surface area contributed by atoms with Crippen molar-refractivity contribution in [1.29, 1.82) is 0 Å². The molecule has 4 heteroatoms. The number of carbonyl (C=O) groups excluding carboxylic acids is 1. The van der Waals surface area contributed by atoms with E-state index in [2.05, 4.69) is 10.2 Å². The Morgan fingerprint density at radius 1 is 1.32 bits per heavy atom. The van der Waals surface area contributed by atoms with Crippen LogP contribution in [0.5, 0.6) is 0 Å².